The summed E-state index contributed by atoms with van der Waals surface area (Å²) >= 11 is 0. The summed E-state index contributed by atoms with van der Waals surface area (Å²) in [5.41, 5.74) is 4.21. The Morgan fingerprint density at radius 1 is 1.42 bits per heavy atom. The number of hydrogen-bond acceptors (Lipinski definition) is 2. The zero-order valence-electron chi connectivity index (χ0n) is 8.78. The maximum atomic E-state index is 5.48. The van der Waals surface area contributed by atoms with Crippen molar-refractivity contribution in [3.05, 3.63) is 11.6 Å². The molecule has 72 valence electrons. The Labute approximate surface area is 76.2 Å². The van der Waals surface area contributed by atoms with Crippen LogP contribution in [0.4, 0.5) is 0 Å². The van der Waals surface area contributed by atoms with Crippen LogP contribution in [0.1, 0.15) is 47.0 Å². The third kappa shape index (κ3) is 3.37. The SMILES string of the molecule is CC/C=C(\CCC)C(C)(C)NN. The maximum Gasteiger partial charge on any atom is 0.0473 e. The minimum Gasteiger partial charge on any atom is -0.271 e. The largest absolute Gasteiger partial charge is 0.271 e. The van der Waals surface area contributed by atoms with E-state index >= 15 is 0 Å². The van der Waals surface area contributed by atoms with Crippen molar-refractivity contribution in [2.45, 2.75) is 52.5 Å². The lowest BCUT2D eigenvalue weighted by molar-refractivity contribution is 0.447. The lowest BCUT2D eigenvalue weighted by Gasteiger charge is -2.27. The van der Waals surface area contributed by atoms with Crippen molar-refractivity contribution < 1.29 is 0 Å². The quantitative estimate of drug-likeness (QED) is 0.377. The highest BCUT2D eigenvalue weighted by Crippen LogP contribution is 2.20. The monoisotopic (exact) mass is 170 g/mol. The third-order valence-corrected chi connectivity index (χ3v) is 2.13. The van der Waals surface area contributed by atoms with Crippen LogP contribution in [0.3, 0.4) is 0 Å². The van der Waals surface area contributed by atoms with Crippen LogP contribution in [0, 0.1) is 0 Å². The number of hydrogen-bond donors (Lipinski definition) is 2. The maximum absolute atomic E-state index is 5.48. The average Bonchev–Trinajstić information content (AvgIpc) is 2.04. The van der Waals surface area contributed by atoms with Crippen LogP contribution in [0.2, 0.25) is 0 Å². The zero-order chi connectivity index (χ0) is 9.61. The number of rotatable bonds is 5. The van der Waals surface area contributed by atoms with Gasteiger partial charge in [-0.3, -0.25) is 11.3 Å². The van der Waals surface area contributed by atoms with Gasteiger partial charge in [0.25, 0.3) is 0 Å². The second-order valence-electron chi connectivity index (χ2n) is 3.66. The molecule has 0 bridgehead atoms. The van der Waals surface area contributed by atoms with E-state index in [1.165, 1.54) is 12.0 Å². The number of hydrazine groups is 1. The molecule has 0 saturated heterocycles. The van der Waals surface area contributed by atoms with Crippen molar-refractivity contribution in [1.29, 1.82) is 0 Å². The van der Waals surface area contributed by atoms with Crippen molar-refractivity contribution in [3.63, 3.8) is 0 Å². The van der Waals surface area contributed by atoms with E-state index < -0.39 is 0 Å². The van der Waals surface area contributed by atoms with Gasteiger partial charge >= 0.3 is 0 Å². The Balaban J connectivity index is 4.38. The van der Waals surface area contributed by atoms with E-state index in [0.717, 1.165) is 12.8 Å². The zero-order valence-corrected chi connectivity index (χ0v) is 8.78. The van der Waals surface area contributed by atoms with Gasteiger partial charge in [0.2, 0.25) is 0 Å². The predicted molar refractivity (Wildman–Crippen MR) is 54.7 cm³/mol. The molecule has 12 heavy (non-hydrogen) atoms. The summed E-state index contributed by atoms with van der Waals surface area (Å²) in [4.78, 5) is 0. The van der Waals surface area contributed by atoms with E-state index in [2.05, 4.69) is 39.2 Å². The summed E-state index contributed by atoms with van der Waals surface area (Å²) in [5.74, 6) is 5.48. The summed E-state index contributed by atoms with van der Waals surface area (Å²) in [5, 5.41) is 0. The Hall–Kier alpha value is -0.340. The molecular weight excluding hydrogens is 148 g/mol. The topological polar surface area (TPSA) is 38.0 Å². The molecule has 2 heteroatoms. The fourth-order valence-electron chi connectivity index (χ4n) is 1.28. The minimum absolute atomic E-state index is 0.0496. The molecule has 0 aromatic heterocycles. The molecule has 0 aromatic rings. The molecule has 0 aliphatic rings. The van der Waals surface area contributed by atoms with E-state index in [1.807, 2.05) is 0 Å². The van der Waals surface area contributed by atoms with Crippen molar-refractivity contribution in [2.24, 2.45) is 5.84 Å². The van der Waals surface area contributed by atoms with Crippen LogP contribution in [0.5, 0.6) is 0 Å². The van der Waals surface area contributed by atoms with E-state index in [9.17, 15) is 0 Å². The molecule has 0 aliphatic carbocycles. The fourth-order valence-corrected chi connectivity index (χ4v) is 1.28. The van der Waals surface area contributed by atoms with Gasteiger partial charge in [-0.2, -0.15) is 0 Å². The van der Waals surface area contributed by atoms with E-state index in [0.29, 0.717) is 0 Å². The fraction of sp³-hybridized carbons (Fsp3) is 0.800. The summed E-state index contributed by atoms with van der Waals surface area (Å²) in [6, 6.07) is 0. The molecule has 0 fully saturated rings. The van der Waals surface area contributed by atoms with Gasteiger partial charge in [0.05, 0.1) is 0 Å². The minimum atomic E-state index is -0.0496. The van der Waals surface area contributed by atoms with Crippen molar-refractivity contribution in [1.82, 2.24) is 5.43 Å². The highest BCUT2D eigenvalue weighted by atomic mass is 15.3. The highest BCUT2D eigenvalue weighted by molar-refractivity contribution is 5.16. The highest BCUT2D eigenvalue weighted by Gasteiger charge is 2.19. The molecule has 0 unspecified atom stereocenters. The first-order chi connectivity index (χ1) is 5.58. The molecule has 3 N–H and O–H groups in total. The van der Waals surface area contributed by atoms with Gasteiger partial charge < -0.3 is 0 Å². The third-order valence-electron chi connectivity index (χ3n) is 2.13. The molecular formula is C10H22N2. The van der Waals surface area contributed by atoms with Crippen LogP contribution in [0.15, 0.2) is 11.6 Å². The van der Waals surface area contributed by atoms with Crippen LogP contribution in [0.25, 0.3) is 0 Å². The average molecular weight is 170 g/mol. The molecule has 0 heterocycles. The summed E-state index contributed by atoms with van der Waals surface area (Å²) in [7, 11) is 0. The van der Waals surface area contributed by atoms with Gasteiger partial charge in [0.1, 0.15) is 0 Å². The molecule has 0 aromatic carbocycles. The van der Waals surface area contributed by atoms with E-state index in [-0.39, 0.29) is 5.54 Å². The van der Waals surface area contributed by atoms with Crippen LogP contribution >= 0.6 is 0 Å². The Morgan fingerprint density at radius 3 is 2.33 bits per heavy atom. The second kappa shape index (κ2) is 5.33. The van der Waals surface area contributed by atoms with Crippen molar-refractivity contribution in [3.8, 4) is 0 Å². The summed E-state index contributed by atoms with van der Waals surface area (Å²) < 4.78 is 0. The van der Waals surface area contributed by atoms with Crippen LogP contribution in [-0.2, 0) is 0 Å². The van der Waals surface area contributed by atoms with Crippen LogP contribution < -0.4 is 11.3 Å². The van der Waals surface area contributed by atoms with Gasteiger partial charge in [0, 0.05) is 5.54 Å². The first kappa shape index (κ1) is 11.7. The standard InChI is InChI=1S/C10H22N2/c1-5-7-9(8-6-2)10(3,4)12-11/h7,12H,5-6,8,11H2,1-4H3/b9-7+. The van der Waals surface area contributed by atoms with Gasteiger partial charge in [-0.1, -0.05) is 31.9 Å². The molecule has 0 atom stereocenters. The molecule has 0 radical (unpaired) electrons. The predicted octanol–water partition coefficient (Wildman–Crippen LogP) is 2.36. The molecule has 2 nitrogen and oxygen atoms in total. The van der Waals surface area contributed by atoms with Gasteiger partial charge in [-0.05, 0) is 26.7 Å². The van der Waals surface area contributed by atoms with Crippen molar-refractivity contribution in [2.75, 3.05) is 0 Å². The number of nitrogens with one attached hydrogen (secondary N) is 1. The first-order valence-electron chi connectivity index (χ1n) is 4.75. The normalized spacial score (nSPS) is 13.6. The van der Waals surface area contributed by atoms with E-state index in [4.69, 9.17) is 5.84 Å². The molecule has 0 saturated carbocycles. The molecule has 0 rings (SSSR count). The van der Waals surface area contributed by atoms with Crippen molar-refractivity contribution >= 4 is 0 Å². The Morgan fingerprint density at radius 2 is 2.00 bits per heavy atom. The van der Waals surface area contributed by atoms with Gasteiger partial charge in [-0.15, -0.1) is 0 Å². The van der Waals surface area contributed by atoms with E-state index in [1.54, 1.807) is 0 Å². The van der Waals surface area contributed by atoms with Gasteiger partial charge in [0.15, 0.2) is 0 Å². The smallest absolute Gasteiger partial charge is 0.0473 e. The molecule has 0 amide bonds. The molecule has 0 aliphatic heterocycles. The summed E-state index contributed by atoms with van der Waals surface area (Å²) in [6.45, 7) is 8.58. The molecule has 0 spiro atoms. The number of allylic oxidation sites excluding steroid dienone is 1. The second-order valence-corrected chi connectivity index (χ2v) is 3.66. The van der Waals surface area contributed by atoms with Gasteiger partial charge in [-0.25, -0.2) is 0 Å². The lowest BCUT2D eigenvalue weighted by atomic mass is 9.90. The summed E-state index contributed by atoms with van der Waals surface area (Å²) in [6.07, 6.45) is 5.66. The Bertz CT molecular complexity index is 148. The number of nitrogens with two attached hydrogens (primary N) is 1. The van der Waals surface area contributed by atoms with Crippen LogP contribution in [-0.4, -0.2) is 5.54 Å². The Kier molecular flexibility index (Phi) is 5.18. The lowest BCUT2D eigenvalue weighted by Crippen LogP contribution is -2.45. The first-order valence-corrected chi connectivity index (χ1v) is 4.75.